The van der Waals surface area contributed by atoms with Gasteiger partial charge in [0.15, 0.2) is 0 Å². The minimum absolute atomic E-state index is 0.0930. The normalized spacial score (nSPS) is 13.0. The van der Waals surface area contributed by atoms with Crippen LogP contribution in [0.25, 0.3) is 0 Å². The van der Waals surface area contributed by atoms with E-state index in [9.17, 15) is 4.79 Å². The molecule has 0 aliphatic rings. The third-order valence-corrected chi connectivity index (χ3v) is 1.91. The Hall–Kier alpha value is -0.0600. The van der Waals surface area contributed by atoms with Crippen molar-refractivity contribution in [3.63, 3.8) is 0 Å². The summed E-state index contributed by atoms with van der Waals surface area (Å²) in [4.78, 5) is 10.7. The van der Waals surface area contributed by atoms with Gasteiger partial charge in [-0.1, -0.05) is 6.42 Å². The molecule has 0 heterocycles. The molecule has 1 unspecified atom stereocenters. The van der Waals surface area contributed by atoms with Crippen molar-refractivity contribution in [3.05, 3.63) is 0 Å². The first kappa shape index (κ1) is 10.9. The molecule has 0 fully saturated rings. The van der Waals surface area contributed by atoms with Crippen molar-refractivity contribution in [3.8, 4) is 0 Å². The molecule has 3 N–H and O–H groups in total. The molecule has 0 spiro atoms. The van der Waals surface area contributed by atoms with Gasteiger partial charge >= 0.3 is 0 Å². The molecule has 0 aromatic carbocycles. The highest BCUT2D eigenvalue weighted by atomic mass is 32.1. The number of nitrogens with one attached hydrogen (secondary N) is 1. The van der Waals surface area contributed by atoms with E-state index in [1.165, 1.54) is 0 Å². The van der Waals surface area contributed by atoms with Gasteiger partial charge in [0.2, 0.25) is 5.12 Å². The standard InChI is InChI=1S/C7H16N2OS/c1-9-6(7(10)11)4-2-3-5-8/h6,9H,2-5,8H2,1H3,(H,10,11). The first-order valence-electron chi connectivity index (χ1n) is 3.82. The molecule has 1 atom stereocenters. The van der Waals surface area contributed by atoms with Gasteiger partial charge in [0.25, 0.3) is 0 Å². The molecule has 0 aromatic heterocycles. The van der Waals surface area contributed by atoms with Crippen molar-refractivity contribution < 1.29 is 4.79 Å². The predicted molar refractivity (Wildman–Crippen MR) is 49.7 cm³/mol. The van der Waals surface area contributed by atoms with Gasteiger partial charge < -0.3 is 11.1 Å². The van der Waals surface area contributed by atoms with Gasteiger partial charge in [-0.25, -0.2) is 0 Å². The summed E-state index contributed by atoms with van der Waals surface area (Å²) in [6.07, 6.45) is 2.78. The fourth-order valence-electron chi connectivity index (χ4n) is 0.884. The van der Waals surface area contributed by atoms with Crippen LogP contribution in [0.15, 0.2) is 0 Å². The highest BCUT2D eigenvalue weighted by Gasteiger charge is 2.10. The van der Waals surface area contributed by atoms with Crippen LogP contribution < -0.4 is 11.1 Å². The molecule has 0 aromatic rings. The van der Waals surface area contributed by atoms with Crippen LogP contribution in [0.2, 0.25) is 0 Å². The van der Waals surface area contributed by atoms with Gasteiger partial charge in [-0.2, -0.15) is 0 Å². The first-order valence-corrected chi connectivity index (χ1v) is 4.27. The van der Waals surface area contributed by atoms with Gasteiger partial charge in [-0.3, -0.25) is 4.79 Å². The van der Waals surface area contributed by atoms with Crippen molar-refractivity contribution in [2.24, 2.45) is 5.73 Å². The summed E-state index contributed by atoms with van der Waals surface area (Å²) in [5.74, 6) is 0. The van der Waals surface area contributed by atoms with Gasteiger partial charge in [0.05, 0.1) is 6.04 Å². The van der Waals surface area contributed by atoms with Crippen LogP contribution in [0.3, 0.4) is 0 Å². The predicted octanol–water partition coefficient (Wildman–Crippen LogP) is 0.160. The van der Waals surface area contributed by atoms with E-state index >= 15 is 0 Å². The molecule has 0 aliphatic carbocycles. The maximum Gasteiger partial charge on any atom is 0.202 e. The van der Waals surface area contributed by atoms with Gasteiger partial charge in [-0.15, -0.1) is 12.6 Å². The second kappa shape index (κ2) is 6.64. The highest BCUT2D eigenvalue weighted by Crippen LogP contribution is 2.02. The number of hydrogen-bond donors (Lipinski definition) is 3. The number of thiol groups is 1. The van der Waals surface area contributed by atoms with Crippen molar-refractivity contribution >= 4 is 17.7 Å². The third-order valence-electron chi connectivity index (χ3n) is 1.59. The Labute approximate surface area is 73.1 Å². The van der Waals surface area contributed by atoms with E-state index in [2.05, 4.69) is 17.9 Å². The second-order valence-electron chi connectivity index (χ2n) is 2.46. The van der Waals surface area contributed by atoms with E-state index in [4.69, 9.17) is 5.73 Å². The van der Waals surface area contributed by atoms with E-state index in [1.807, 2.05) is 0 Å². The van der Waals surface area contributed by atoms with E-state index in [1.54, 1.807) is 7.05 Å². The zero-order chi connectivity index (χ0) is 8.69. The summed E-state index contributed by atoms with van der Waals surface area (Å²) >= 11 is 3.74. The number of carbonyl (C=O) groups excluding carboxylic acids is 1. The summed E-state index contributed by atoms with van der Waals surface area (Å²) in [5, 5.41) is 2.80. The molecule has 0 bridgehead atoms. The Kier molecular flexibility index (Phi) is 6.60. The van der Waals surface area contributed by atoms with Crippen molar-refractivity contribution in [1.82, 2.24) is 5.32 Å². The molecule has 0 aliphatic heterocycles. The number of nitrogens with two attached hydrogens (primary N) is 1. The Morgan fingerprint density at radius 3 is 2.64 bits per heavy atom. The molecule has 66 valence electrons. The Balaban J connectivity index is 3.44. The van der Waals surface area contributed by atoms with Crippen LogP contribution in [0.5, 0.6) is 0 Å². The average molecular weight is 176 g/mol. The smallest absolute Gasteiger partial charge is 0.202 e. The van der Waals surface area contributed by atoms with E-state index < -0.39 is 0 Å². The lowest BCUT2D eigenvalue weighted by Gasteiger charge is -2.10. The molecule has 0 rings (SSSR count). The summed E-state index contributed by atoms with van der Waals surface area (Å²) in [7, 11) is 1.77. The molecule has 0 saturated heterocycles. The van der Waals surface area contributed by atoms with E-state index in [0.29, 0.717) is 6.54 Å². The summed E-state index contributed by atoms with van der Waals surface area (Å²) in [6, 6.07) is -0.107. The number of unbranched alkanes of at least 4 members (excludes halogenated alkanes) is 1. The Morgan fingerprint density at radius 1 is 1.64 bits per heavy atom. The molecule has 11 heavy (non-hydrogen) atoms. The van der Waals surface area contributed by atoms with Crippen LogP contribution in [0, 0.1) is 0 Å². The van der Waals surface area contributed by atoms with E-state index in [-0.39, 0.29) is 11.2 Å². The largest absolute Gasteiger partial charge is 0.330 e. The van der Waals surface area contributed by atoms with Gasteiger partial charge in [0.1, 0.15) is 0 Å². The second-order valence-corrected chi connectivity index (χ2v) is 2.90. The lowest BCUT2D eigenvalue weighted by molar-refractivity contribution is -0.112. The molecular weight excluding hydrogens is 160 g/mol. The summed E-state index contributed by atoms with van der Waals surface area (Å²) < 4.78 is 0. The maximum atomic E-state index is 10.7. The lowest BCUT2D eigenvalue weighted by Crippen LogP contribution is -2.31. The monoisotopic (exact) mass is 176 g/mol. The molecule has 0 amide bonds. The SMILES string of the molecule is CNC(CCCCN)C(=O)S. The molecule has 4 heteroatoms. The van der Waals surface area contributed by atoms with Crippen molar-refractivity contribution in [2.75, 3.05) is 13.6 Å². The minimum Gasteiger partial charge on any atom is -0.330 e. The lowest BCUT2D eigenvalue weighted by atomic mass is 10.1. The Bertz CT molecular complexity index is 119. The first-order chi connectivity index (χ1) is 5.22. The van der Waals surface area contributed by atoms with Crippen LogP contribution in [0.4, 0.5) is 0 Å². The quantitative estimate of drug-likeness (QED) is 0.399. The maximum absolute atomic E-state index is 10.7. The molecule has 0 radical (unpaired) electrons. The highest BCUT2D eigenvalue weighted by molar-refractivity contribution is 7.96. The van der Waals surface area contributed by atoms with E-state index in [0.717, 1.165) is 19.3 Å². The zero-order valence-electron chi connectivity index (χ0n) is 6.84. The topological polar surface area (TPSA) is 55.1 Å². The minimum atomic E-state index is -0.107. The fraction of sp³-hybridized carbons (Fsp3) is 0.857. The number of hydrogen-bond acceptors (Lipinski definition) is 3. The number of likely N-dealkylation sites (N-methyl/N-ethyl adjacent to an activating group) is 1. The van der Waals surface area contributed by atoms with Crippen molar-refractivity contribution in [1.29, 1.82) is 0 Å². The summed E-state index contributed by atoms with van der Waals surface area (Å²) in [5.41, 5.74) is 5.31. The van der Waals surface area contributed by atoms with Crippen LogP contribution >= 0.6 is 12.6 Å². The number of rotatable bonds is 6. The van der Waals surface area contributed by atoms with Crippen molar-refractivity contribution in [2.45, 2.75) is 25.3 Å². The van der Waals surface area contributed by atoms with Gasteiger partial charge in [-0.05, 0) is 26.4 Å². The van der Waals surface area contributed by atoms with Gasteiger partial charge in [0, 0.05) is 0 Å². The van der Waals surface area contributed by atoms with Crippen LogP contribution in [-0.2, 0) is 4.79 Å². The average Bonchev–Trinajstić information content (AvgIpc) is 1.97. The molecular formula is C7H16N2OS. The summed E-state index contributed by atoms with van der Waals surface area (Å²) in [6.45, 7) is 0.692. The number of carbonyl (C=O) groups is 1. The molecule has 0 saturated carbocycles. The zero-order valence-corrected chi connectivity index (χ0v) is 7.73. The third kappa shape index (κ3) is 5.24. The van der Waals surface area contributed by atoms with Crippen LogP contribution in [0.1, 0.15) is 19.3 Å². The van der Waals surface area contributed by atoms with Crippen LogP contribution in [-0.4, -0.2) is 24.7 Å². The molecule has 3 nitrogen and oxygen atoms in total. The fourth-order valence-corrected chi connectivity index (χ4v) is 1.14. The Morgan fingerprint density at radius 2 is 2.27 bits per heavy atom.